The van der Waals surface area contributed by atoms with Gasteiger partial charge in [0.1, 0.15) is 5.82 Å². The minimum atomic E-state index is -0.206. The van der Waals surface area contributed by atoms with Gasteiger partial charge in [0.25, 0.3) is 0 Å². The van der Waals surface area contributed by atoms with Gasteiger partial charge in [0, 0.05) is 17.1 Å². The van der Waals surface area contributed by atoms with Gasteiger partial charge in [-0.1, -0.05) is 35.9 Å². The number of hydrogen-bond acceptors (Lipinski definition) is 1. The highest BCUT2D eigenvalue weighted by molar-refractivity contribution is 6.33. The van der Waals surface area contributed by atoms with Gasteiger partial charge in [-0.15, -0.1) is 0 Å². The van der Waals surface area contributed by atoms with Gasteiger partial charge >= 0.3 is 0 Å². The smallest absolute Gasteiger partial charge is 0.126 e. The molecule has 0 saturated carbocycles. The van der Waals surface area contributed by atoms with Crippen LogP contribution in [0.3, 0.4) is 0 Å². The SMILES string of the molecule is CNCc1ccc(-c2cccc(F)c2C)c(Cl)c1. The molecule has 0 aliphatic carbocycles. The standard InChI is InChI=1S/C15H15ClFN/c1-10-12(4-3-5-15(10)17)13-7-6-11(9-18-2)8-14(13)16/h3-8,18H,9H2,1-2H3. The van der Waals surface area contributed by atoms with E-state index in [0.717, 1.165) is 23.2 Å². The largest absolute Gasteiger partial charge is 0.316 e. The second kappa shape index (κ2) is 5.51. The van der Waals surface area contributed by atoms with Crippen LogP contribution in [0.2, 0.25) is 5.02 Å². The van der Waals surface area contributed by atoms with Crippen LogP contribution in [-0.2, 0) is 6.54 Å². The topological polar surface area (TPSA) is 12.0 Å². The summed E-state index contributed by atoms with van der Waals surface area (Å²) in [5, 5.41) is 3.72. The maximum Gasteiger partial charge on any atom is 0.126 e. The Bertz CT molecular complexity index is 566. The molecule has 0 saturated heterocycles. The molecule has 2 aromatic rings. The van der Waals surface area contributed by atoms with Crippen molar-refractivity contribution < 1.29 is 4.39 Å². The number of halogens is 2. The molecule has 2 rings (SSSR count). The molecule has 0 aliphatic rings. The third-order valence-corrected chi connectivity index (χ3v) is 3.28. The molecular weight excluding hydrogens is 249 g/mol. The van der Waals surface area contributed by atoms with Crippen molar-refractivity contribution in [3.05, 3.63) is 58.4 Å². The minimum Gasteiger partial charge on any atom is -0.316 e. The second-order valence-electron chi connectivity index (χ2n) is 4.26. The van der Waals surface area contributed by atoms with Gasteiger partial charge in [0.2, 0.25) is 0 Å². The van der Waals surface area contributed by atoms with Crippen LogP contribution >= 0.6 is 11.6 Å². The van der Waals surface area contributed by atoms with Gasteiger partial charge in [-0.25, -0.2) is 4.39 Å². The first-order valence-corrected chi connectivity index (χ1v) is 6.20. The summed E-state index contributed by atoms with van der Waals surface area (Å²) in [5.41, 5.74) is 3.45. The summed E-state index contributed by atoms with van der Waals surface area (Å²) in [4.78, 5) is 0. The zero-order chi connectivity index (χ0) is 13.1. The first-order chi connectivity index (χ1) is 8.63. The minimum absolute atomic E-state index is 0.206. The van der Waals surface area contributed by atoms with Crippen molar-refractivity contribution in [2.24, 2.45) is 0 Å². The molecule has 3 heteroatoms. The van der Waals surface area contributed by atoms with E-state index in [2.05, 4.69) is 5.32 Å². The molecule has 0 bridgehead atoms. The number of nitrogens with one attached hydrogen (secondary N) is 1. The normalized spacial score (nSPS) is 10.7. The Kier molecular flexibility index (Phi) is 4.00. The van der Waals surface area contributed by atoms with Crippen molar-refractivity contribution in [1.82, 2.24) is 5.32 Å². The molecule has 0 spiro atoms. The van der Waals surface area contributed by atoms with Gasteiger partial charge in [-0.05, 0) is 42.8 Å². The lowest BCUT2D eigenvalue weighted by molar-refractivity contribution is 0.619. The van der Waals surface area contributed by atoms with Gasteiger partial charge in [0.05, 0.1) is 0 Å². The number of hydrogen-bond donors (Lipinski definition) is 1. The molecule has 0 aromatic heterocycles. The highest BCUT2D eigenvalue weighted by atomic mass is 35.5. The average Bonchev–Trinajstić information content (AvgIpc) is 2.34. The fourth-order valence-corrected chi connectivity index (χ4v) is 2.30. The van der Waals surface area contributed by atoms with Crippen LogP contribution in [0.15, 0.2) is 36.4 Å². The average molecular weight is 264 g/mol. The molecule has 1 N–H and O–H groups in total. The van der Waals surface area contributed by atoms with Gasteiger partial charge < -0.3 is 5.32 Å². The summed E-state index contributed by atoms with van der Waals surface area (Å²) >= 11 is 6.27. The van der Waals surface area contributed by atoms with Crippen LogP contribution in [0, 0.1) is 12.7 Å². The molecule has 0 fully saturated rings. The summed E-state index contributed by atoms with van der Waals surface area (Å²) in [6, 6.07) is 10.9. The fourth-order valence-electron chi connectivity index (χ4n) is 1.99. The highest BCUT2D eigenvalue weighted by Gasteiger charge is 2.09. The maximum absolute atomic E-state index is 13.5. The second-order valence-corrected chi connectivity index (χ2v) is 4.66. The monoisotopic (exact) mass is 263 g/mol. The van der Waals surface area contributed by atoms with E-state index in [1.807, 2.05) is 31.3 Å². The van der Waals surface area contributed by atoms with Crippen molar-refractivity contribution in [3.63, 3.8) is 0 Å². The van der Waals surface area contributed by atoms with Crippen LogP contribution in [0.25, 0.3) is 11.1 Å². The predicted molar refractivity (Wildman–Crippen MR) is 74.3 cm³/mol. The van der Waals surface area contributed by atoms with E-state index < -0.39 is 0 Å². The maximum atomic E-state index is 13.5. The molecule has 0 amide bonds. The first-order valence-electron chi connectivity index (χ1n) is 5.82. The van der Waals surface area contributed by atoms with Crippen LogP contribution in [0.4, 0.5) is 4.39 Å². The Morgan fingerprint density at radius 1 is 1.17 bits per heavy atom. The van der Waals surface area contributed by atoms with E-state index in [-0.39, 0.29) is 5.82 Å². The summed E-state index contributed by atoms with van der Waals surface area (Å²) in [6.45, 7) is 2.53. The summed E-state index contributed by atoms with van der Waals surface area (Å²) < 4.78 is 13.5. The highest BCUT2D eigenvalue weighted by Crippen LogP contribution is 2.31. The van der Waals surface area contributed by atoms with Gasteiger partial charge in [-0.2, -0.15) is 0 Å². The van der Waals surface area contributed by atoms with Crippen molar-refractivity contribution in [2.45, 2.75) is 13.5 Å². The van der Waals surface area contributed by atoms with Gasteiger partial charge in [-0.3, -0.25) is 0 Å². The third kappa shape index (κ3) is 2.55. The Hall–Kier alpha value is -1.38. The number of benzene rings is 2. The van der Waals surface area contributed by atoms with E-state index >= 15 is 0 Å². The van der Waals surface area contributed by atoms with Gasteiger partial charge in [0.15, 0.2) is 0 Å². The van der Waals surface area contributed by atoms with E-state index in [4.69, 9.17) is 11.6 Å². The molecule has 0 heterocycles. The molecule has 0 aliphatic heterocycles. The molecule has 0 radical (unpaired) electrons. The Morgan fingerprint density at radius 2 is 1.94 bits per heavy atom. The first kappa shape index (κ1) is 13.1. The quantitative estimate of drug-likeness (QED) is 0.876. The molecule has 0 unspecified atom stereocenters. The molecule has 1 nitrogen and oxygen atoms in total. The van der Waals surface area contributed by atoms with Crippen molar-refractivity contribution in [2.75, 3.05) is 7.05 Å². The van der Waals surface area contributed by atoms with E-state index in [1.54, 1.807) is 13.0 Å². The van der Waals surface area contributed by atoms with E-state index in [0.29, 0.717) is 10.6 Å². The number of rotatable bonds is 3. The van der Waals surface area contributed by atoms with Crippen LogP contribution in [0.5, 0.6) is 0 Å². The van der Waals surface area contributed by atoms with Crippen molar-refractivity contribution in [1.29, 1.82) is 0 Å². The van der Waals surface area contributed by atoms with Crippen LogP contribution < -0.4 is 5.32 Å². The molecule has 0 atom stereocenters. The molecule has 18 heavy (non-hydrogen) atoms. The molecular formula is C15H15ClFN. The Labute approximate surface area is 112 Å². The zero-order valence-electron chi connectivity index (χ0n) is 10.4. The van der Waals surface area contributed by atoms with Crippen LogP contribution in [0.1, 0.15) is 11.1 Å². The Morgan fingerprint density at radius 3 is 2.61 bits per heavy atom. The molecule has 2 aromatic carbocycles. The summed E-state index contributed by atoms with van der Waals surface area (Å²) in [6.07, 6.45) is 0. The zero-order valence-corrected chi connectivity index (χ0v) is 11.2. The van der Waals surface area contributed by atoms with E-state index in [1.165, 1.54) is 6.07 Å². The lowest BCUT2D eigenvalue weighted by atomic mass is 9.99. The summed E-state index contributed by atoms with van der Waals surface area (Å²) in [7, 11) is 1.89. The van der Waals surface area contributed by atoms with Crippen LogP contribution in [-0.4, -0.2) is 7.05 Å². The lowest BCUT2D eigenvalue weighted by Crippen LogP contribution is -2.04. The van der Waals surface area contributed by atoms with E-state index in [9.17, 15) is 4.39 Å². The van der Waals surface area contributed by atoms with Crippen molar-refractivity contribution in [3.8, 4) is 11.1 Å². The summed E-state index contributed by atoms with van der Waals surface area (Å²) in [5.74, 6) is -0.206. The predicted octanol–water partition coefficient (Wildman–Crippen LogP) is 4.17. The van der Waals surface area contributed by atoms with Crippen molar-refractivity contribution >= 4 is 11.6 Å². The lowest BCUT2D eigenvalue weighted by Gasteiger charge is -2.10. The Balaban J connectivity index is 2.48. The molecule has 94 valence electrons. The third-order valence-electron chi connectivity index (χ3n) is 2.97. The fraction of sp³-hybridized carbons (Fsp3) is 0.200.